The minimum Gasteiger partial charge on any atom is -0.342 e. The lowest BCUT2D eigenvalue weighted by Crippen LogP contribution is -2.51. The number of likely N-dealkylation sites (tertiary alicyclic amines) is 1. The second-order valence-electron chi connectivity index (χ2n) is 8.84. The van der Waals surface area contributed by atoms with Crippen molar-refractivity contribution in [3.63, 3.8) is 0 Å². The summed E-state index contributed by atoms with van der Waals surface area (Å²) in [4.78, 5) is 47.5. The van der Waals surface area contributed by atoms with Gasteiger partial charge in [-0.25, -0.2) is 4.98 Å². The van der Waals surface area contributed by atoms with Crippen molar-refractivity contribution in [2.45, 2.75) is 57.9 Å². The van der Waals surface area contributed by atoms with Crippen LogP contribution in [-0.4, -0.2) is 81.9 Å². The molecule has 2 amide bonds. The first kappa shape index (κ1) is 21.0. The van der Waals surface area contributed by atoms with Gasteiger partial charge >= 0.3 is 0 Å². The Balaban J connectivity index is 1.30. The predicted octanol–water partition coefficient (Wildman–Crippen LogP) is 0.840. The van der Waals surface area contributed by atoms with E-state index < -0.39 is 0 Å². The molecule has 1 aromatic rings. The van der Waals surface area contributed by atoms with Crippen molar-refractivity contribution in [3.05, 3.63) is 27.9 Å². The number of carbonyl (C=O) groups is 2. The first-order valence-electron chi connectivity index (χ1n) is 11.4. The zero-order valence-corrected chi connectivity index (χ0v) is 18.0. The van der Waals surface area contributed by atoms with Gasteiger partial charge in [0.1, 0.15) is 5.82 Å². The summed E-state index contributed by atoms with van der Waals surface area (Å²) >= 11 is 0. The largest absolute Gasteiger partial charge is 0.342 e. The molecule has 1 aromatic heterocycles. The molecule has 2 fully saturated rings. The number of carbonyl (C=O) groups excluding carboxylic acids is 2. The highest BCUT2D eigenvalue weighted by Crippen LogP contribution is 2.27. The van der Waals surface area contributed by atoms with Gasteiger partial charge in [0.2, 0.25) is 11.8 Å². The molecule has 0 atom stereocenters. The van der Waals surface area contributed by atoms with Gasteiger partial charge in [0.05, 0.1) is 12.2 Å². The van der Waals surface area contributed by atoms with E-state index in [2.05, 4.69) is 4.90 Å². The summed E-state index contributed by atoms with van der Waals surface area (Å²) in [6.45, 7) is 7.15. The number of fused-ring (bicyclic) bond motifs is 1. The van der Waals surface area contributed by atoms with Crippen LogP contribution < -0.4 is 5.56 Å². The SMILES string of the molecule is CC(=O)N1CCN(CC(=O)N2CCC(c3cc(=O)n4c(n3)CCCCC4)CC2)CC1. The number of amides is 2. The Morgan fingerprint density at radius 1 is 0.967 bits per heavy atom. The normalized spacial score (nSPS) is 21.2. The van der Waals surface area contributed by atoms with Crippen molar-refractivity contribution < 1.29 is 9.59 Å². The van der Waals surface area contributed by atoms with Crippen LogP contribution in [0.4, 0.5) is 0 Å². The molecule has 4 heterocycles. The number of hydrogen-bond acceptors (Lipinski definition) is 5. The van der Waals surface area contributed by atoms with Crippen LogP contribution in [0.25, 0.3) is 0 Å². The Kier molecular flexibility index (Phi) is 6.51. The molecule has 0 N–H and O–H groups in total. The minimum atomic E-state index is 0.0834. The summed E-state index contributed by atoms with van der Waals surface area (Å²) in [6, 6.07) is 1.73. The molecule has 0 aromatic carbocycles. The van der Waals surface area contributed by atoms with E-state index in [0.29, 0.717) is 19.6 Å². The molecule has 0 saturated carbocycles. The highest BCUT2D eigenvalue weighted by molar-refractivity contribution is 5.78. The quantitative estimate of drug-likeness (QED) is 0.731. The smallest absolute Gasteiger partial charge is 0.253 e. The monoisotopic (exact) mass is 415 g/mol. The third-order valence-corrected chi connectivity index (χ3v) is 6.83. The maximum Gasteiger partial charge on any atom is 0.253 e. The van der Waals surface area contributed by atoms with Crippen molar-refractivity contribution >= 4 is 11.8 Å². The van der Waals surface area contributed by atoms with Gasteiger partial charge in [-0.2, -0.15) is 0 Å². The van der Waals surface area contributed by atoms with Crippen molar-refractivity contribution in [2.75, 3.05) is 45.8 Å². The van der Waals surface area contributed by atoms with Crippen molar-refractivity contribution in [1.29, 1.82) is 0 Å². The van der Waals surface area contributed by atoms with Crippen LogP contribution in [0, 0.1) is 0 Å². The van der Waals surface area contributed by atoms with Gasteiger partial charge < -0.3 is 9.80 Å². The lowest BCUT2D eigenvalue weighted by atomic mass is 9.93. The molecule has 3 aliphatic heterocycles. The van der Waals surface area contributed by atoms with Crippen LogP contribution in [0.1, 0.15) is 56.5 Å². The molecule has 0 radical (unpaired) electrons. The molecule has 0 spiro atoms. The topological polar surface area (TPSA) is 78.8 Å². The Morgan fingerprint density at radius 2 is 1.70 bits per heavy atom. The number of rotatable bonds is 3. The second-order valence-corrected chi connectivity index (χ2v) is 8.84. The summed E-state index contributed by atoms with van der Waals surface area (Å²) < 4.78 is 1.85. The molecule has 3 aliphatic rings. The van der Waals surface area contributed by atoms with E-state index in [1.54, 1.807) is 13.0 Å². The molecule has 30 heavy (non-hydrogen) atoms. The fraction of sp³-hybridized carbons (Fsp3) is 0.727. The second kappa shape index (κ2) is 9.29. The van der Waals surface area contributed by atoms with E-state index in [-0.39, 0.29) is 23.3 Å². The molecule has 0 bridgehead atoms. The summed E-state index contributed by atoms with van der Waals surface area (Å²) in [5, 5.41) is 0. The zero-order chi connectivity index (χ0) is 21.1. The Hall–Kier alpha value is -2.22. The van der Waals surface area contributed by atoms with E-state index in [1.807, 2.05) is 14.4 Å². The number of hydrogen-bond donors (Lipinski definition) is 0. The third kappa shape index (κ3) is 4.74. The first-order valence-corrected chi connectivity index (χ1v) is 11.4. The maximum absolute atomic E-state index is 12.7. The molecule has 0 aliphatic carbocycles. The van der Waals surface area contributed by atoms with Crippen LogP contribution in [0.5, 0.6) is 0 Å². The van der Waals surface area contributed by atoms with Gasteiger partial charge in [-0.1, -0.05) is 6.42 Å². The molecule has 2 saturated heterocycles. The van der Waals surface area contributed by atoms with E-state index in [1.165, 1.54) is 0 Å². The van der Waals surface area contributed by atoms with Crippen molar-refractivity contribution in [3.8, 4) is 0 Å². The van der Waals surface area contributed by atoms with Crippen LogP contribution in [0.15, 0.2) is 10.9 Å². The van der Waals surface area contributed by atoms with E-state index in [9.17, 15) is 14.4 Å². The van der Waals surface area contributed by atoms with Crippen LogP contribution in [0.3, 0.4) is 0 Å². The standard InChI is InChI=1S/C22H33N5O3/c1-17(28)25-13-11-24(12-14-25)16-22(30)26-9-6-18(7-10-26)19-15-21(29)27-8-4-2-3-5-20(27)23-19/h15,18H,2-14,16H2,1H3. The number of nitrogens with zero attached hydrogens (tertiary/aromatic N) is 5. The highest BCUT2D eigenvalue weighted by atomic mass is 16.2. The Morgan fingerprint density at radius 3 is 2.40 bits per heavy atom. The molecule has 4 rings (SSSR count). The summed E-state index contributed by atoms with van der Waals surface area (Å²) in [7, 11) is 0. The highest BCUT2D eigenvalue weighted by Gasteiger charge is 2.28. The Bertz CT molecular complexity index is 836. The molecular formula is C22H33N5O3. The van der Waals surface area contributed by atoms with Crippen LogP contribution in [0.2, 0.25) is 0 Å². The average Bonchev–Trinajstić information content (AvgIpc) is 3.00. The van der Waals surface area contributed by atoms with Gasteiger partial charge in [-0.15, -0.1) is 0 Å². The first-order chi connectivity index (χ1) is 14.5. The molecule has 8 heteroatoms. The van der Waals surface area contributed by atoms with Gasteiger partial charge in [-0.05, 0) is 25.7 Å². The maximum atomic E-state index is 12.7. The van der Waals surface area contributed by atoms with Crippen molar-refractivity contribution in [2.24, 2.45) is 0 Å². The van der Waals surface area contributed by atoms with E-state index in [4.69, 9.17) is 4.98 Å². The fourth-order valence-electron chi connectivity index (χ4n) is 4.88. The third-order valence-electron chi connectivity index (χ3n) is 6.83. The fourth-order valence-corrected chi connectivity index (χ4v) is 4.88. The average molecular weight is 416 g/mol. The zero-order valence-electron chi connectivity index (χ0n) is 18.0. The van der Waals surface area contributed by atoms with E-state index in [0.717, 1.165) is 82.8 Å². The predicted molar refractivity (Wildman–Crippen MR) is 113 cm³/mol. The van der Waals surface area contributed by atoms with E-state index >= 15 is 0 Å². The Labute approximate surface area is 177 Å². The molecule has 8 nitrogen and oxygen atoms in total. The van der Waals surface area contributed by atoms with Crippen molar-refractivity contribution in [1.82, 2.24) is 24.3 Å². The lowest BCUT2D eigenvalue weighted by molar-refractivity contribution is -0.135. The minimum absolute atomic E-state index is 0.0834. The van der Waals surface area contributed by atoms with Crippen LogP contribution >= 0.6 is 0 Å². The summed E-state index contributed by atoms with van der Waals surface area (Å²) in [6.07, 6.45) is 5.92. The van der Waals surface area contributed by atoms with Gasteiger partial charge in [0.25, 0.3) is 5.56 Å². The number of piperidine rings is 1. The number of piperazine rings is 1. The number of aryl methyl sites for hydroxylation is 1. The molecule has 164 valence electrons. The number of aromatic nitrogens is 2. The lowest BCUT2D eigenvalue weighted by Gasteiger charge is -2.36. The summed E-state index contributed by atoms with van der Waals surface area (Å²) in [5.74, 6) is 1.47. The van der Waals surface area contributed by atoms with Gasteiger partial charge in [0.15, 0.2) is 0 Å². The molecule has 0 unspecified atom stereocenters. The van der Waals surface area contributed by atoms with Crippen LogP contribution in [-0.2, 0) is 22.6 Å². The molecular weight excluding hydrogens is 382 g/mol. The van der Waals surface area contributed by atoms with Gasteiger partial charge in [0, 0.05) is 71.1 Å². The van der Waals surface area contributed by atoms with Gasteiger partial charge in [-0.3, -0.25) is 23.9 Å². The summed E-state index contributed by atoms with van der Waals surface area (Å²) in [5.41, 5.74) is 1.00.